The fraction of sp³-hybridized carbons (Fsp3) is 0. The molecule has 0 radical (unpaired) electrons. The fourth-order valence-corrected chi connectivity index (χ4v) is 1.80. The summed E-state index contributed by atoms with van der Waals surface area (Å²) in [7, 11) is 0. The Kier molecular flexibility index (Phi) is 3.51. The lowest BCUT2D eigenvalue weighted by Gasteiger charge is -2.01. The zero-order valence-corrected chi connectivity index (χ0v) is 10.7. The Morgan fingerprint density at radius 1 is 0.900 bits per heavy atom. The van der Waals surface area contributed by atoms with Crippen molar-refractivity contribution in [2.45, 2.75) is 0 Å². The number of anilines is 1. The minimum absolute atomic E-state index is 0.666. The second-order valence-corrected chi connectivity index (χ2v) is 4.13. The van der Waals surface area contributed by atoms with E-state index in [1.165, 1.54) is 0 Å². The van der Waals surface area contributed by atoms with Crippen LogP contribution in [-0.4, -0.2) is 20.2 Å². The molecule has 0 fully saturated rings. The van der Waals surface area contributed by atoms with Crippen molar-refractivity contribution in [1.29, 1.82) is 0 Å². The standard InChI is InChI=1S/C15H13N5/c1-3-7-13(8-4-1)16-12-11-15-17-18-19-20(15)14-9-5-2-6-10-14/h1-12,16H/b12-11+. The first-order valence-corrected chi connectivity index (χ1v) is 6.25. The lowest BCUT2D eigenvalue weighted by Crippen LogP contribution is -1.99. The van der Waals surface area contributed by atoms with Crippen LogP contribution in [-0.2, 0) is 0 Å². The molecule has 2 aromatic carbocycles. The molecule has 5 heteroatoms. The Bertz CT molecular complexity index is 689. The third-order valence-corrected chi connectivity index (χ3v) is 2.75. The number of aromatic nitrogens is 4. The molecule has 98 valence electrons. The van der Waals surface area contributed by atoms with Crippen molar-refractivity contribution in [2.75, 3.05) is 5.32 Å². The number of nitrogens with zero attached hydrogens (tertiary/aromatic N) is 4. The summed E-state index contributed by atoms with van der Waals surface area (Å²) in [6.07, 6.45) is 3.65. The highest BCUT2D eigenvalue weighted by Crippen LogP contribution is 2.09. The van der Waals surface area contributed by atoms with Crippen LogP contribution < -0.4 is 5.32 Å². The van der Waals surface area contributed by atoms with Crippen molar-refractivity contribution >= 4 is 11.8 Å². The van der Waals surface area contributed by atoms with Crippen molar-refractivity contribution in [3.05, 3.63) is 72.7 Å². The van der Waals surface area contributed by atoms with Gasteiger partial charge in [0, 0.05) is 18.0 Å². The molecule has 0 amide bonds. The van der Waals surface area contributed by atoms with Crippen LogP contribution in [0.5, 0.6) is 0 Å². The van der Waals surface area contributed by atoms with Crippen LogP contribution in [0.15, 0.2) is 66.9 Å². The lowest BCUT2D eigenvalue weighted by atomic mass is 10.3. The molecule has 0 unspecified atom stereocenters. The maximum absolute atomic E-state index is 4.00. The van der Waals surface area contributed by atoms with E-state index in [0.717, 1.165) is 11.4 Å². The SMILES string of the molecule is C(=C\c1nnnn1-c1ccccc1)/Nc1ccccc1. The number of hydrogen-bond donors (Lipinski definition) is 1. The zero-order valence-electron chi connectivity index (χ0n) is 10.7. The van der Waals surface area contributed by atoms with Crippen molar-refractivity contribution in [3.63, 3.8) is 0 Å². The van der Waals surface area contributed by atoms with E-state index in [9.17, 15) is 0 Å². The van der Waals surface area contributed by atoms with E-state index >= 15 is 0 Å². The van der Waals surface area contributed by atoms with Gasteiger partial charge in [0.05, 0.1) is 5.69 Å². The Morgan fingerprint density at radius 2 is 1.60 bits per heavy atom. The maximum Gasteiger partial charge on any atom is 0.181 e. The van der Waals surface area contributed by atoms with Gasteiger partial charge in [-0.25, -0.2) is 0 Å². The first-order chi connectivity index (χ1) is 9.93. The number of nitrogens with one attached hydrogen (secondary N) is 1. The summed E-state index contributed by atoms with van der Waals surface area (Å²) in [4.78, 5) is 0. The number of tetrazole rings is 1. The van der Waals surface area contributed by atoms with Crippen LogP contribution in [0, 0.1) is 0 Å². The van der Waals surface area contributed by atoms with Crippen LogP contribution in [0.25, 0.3) is 11.8 Å². The summed E-state index contributed by atoms with van der Waals surface area (Å²) < 4.78 is 1.68. The van der Waals surface area contributed by atoms with Gasteiger partial charge in [-0.3, -0.25) is 0 Å². The molecule has 3 aromatic rings. The van der Waals surface area contributed by atoms with Gasteiger partial charge in [0.2, 0.25) is 0 Å². The summed E-state index contributed by atoms with van der Waals surface area (Å²) >= 11 is 0. The van der Waals surface area contributed by atoms with Gasteiger partial charge in [-0.15, -0.1) is 5.10 Å². The number of rotatable bonds is 4. The molecule has 5 nitrogen and oxygen atoms in total. The first kappa shape index (κ1) is 12.1. The third-order valence-electron chi connectivity index (χ3n) is 2.75. The van der Waals surface area contributed by atoms with Crippen molar-refractivity contribution in [3.8, 4) is 5.69 Å². The monoisotopic (exact) mass is 263 g/mol. The second kappa shape index (κ2) is 5.79. The average molecular weight is 263 g/mol. The molecule has 0 aliphatic rings. The summed E-state index contributed by atoms with van der Waals surface area (Å²) in [5.41, 5.74) is 1.94. The summed E-state index contributed by atoms with van der Waals surface area (Å²) in [6.45, 7) is 0. The zero-order chi connectivity index (χ0) is 13.6. The normalized spacial score (nSPS) is 10.8. The molecular weight excluding hydrogens is 250 g/mol. The number of benzene rings is 2. The van der Waals surface area contributed by atoms with Crippen LogP contribution in [0.1, 0.15) is 5.82 Å². The summed E-state index contributed by atoms with van der Waals surface area (Å²) in [5, 5.41) is 14.9. The molecule has 0 atom stereocenters. The van der Waals surface area contributed by atoms with E-state index in [-0.39, 0.29) is 0 Å². The molecule has 0 aliphatic heterocycles. The van der Waals surface area contributed by atoms with E-state index in [2.05, 4.69) is 20.8 Å². The topological polar surface area (TPSA) is 55.6 Å². The van der Waals surface area contributed by atoms with Crippen LogP contribution in [0.3, 0.4) is 0 Å². The Morgan fingerprint density at radius 3 is 2.35 bits per heavy atom. The minimum Gasteiger partial charge on any atom is -0.362 e. The van der Waals surface area contributed by atoms with Crippen LogP contribution >= 0.6 is 0 Å². The fourth-order valence-electron chi connectivity index (χ4n) is 1.80. The highest BCUT2D eigenvalue weighted by molar-refractivity contribution is 5.52. The Labute approximate surface area is 116 Å². The maximum atomic E-state index is 4.00. The lowest BCUT2D eigenvalue weighted by molar-refractivity contribution is 0.787. The quantitative estimate of drug-likeness (QED) is 0.786. The molecule has 1 heterocycles. The molecule has 20 heavy (non-hydrogen) atoms. The highest BCUT2D eigenvalue weighted by atomic mass is 15.5. The van der Waals surface area contributed by atoms with Gasteiger partial charge in [0.25, 0.3) is 0 Å². The number of para-hydroxylation sites is 2. The van der Waals surface area contributed by atoms with Gasteiger partial charge in [-0.2, -0.15) is 4.68 Å². The van der Waals surface area contributed by atoms with Gasteiger partial charge in [-0.1, -0.05) is 36.4 Å². The van der Waals surface area contributed by atoms with E-state index in [0.29, 0.717) is 5.82 Å². The molecule has 1 N–H and O–H groups in total. The molecule has 0 saturated heterocycles. The van der Waals surface area contributed by atoms with Gasteiger partial charge >= 0.3 is 0 Å². The summed E-state index contributed by atoms with van der Waals surface area (Å²) in [6, 6.07) is 19.7. The Hall–Kier alpha value is -2.95. The van der Waals surface area contributed by atoms with Crippen LogP contribution in [0.4, 0.5) is 5.69 Å². The van der Waals surface area contributed by atoms with Gasteiger partial charge in [0.15, 0.2) is 5.82 Å². The molecule has 0 bridgehead atoms. The molecule has 3 rings (SSSR count). The molecular formula is C15H13N5. The largest absolute Gasteiger partial charge is 0.362 e. The average Bonchev–Trinajstić information content (AvgIpc) is 2.98. The molecule has 0 spiro atoms. The van der Waals surface area contributed by atoms with E-state index < -0.39 is 0 Å². The predicted molar refractivity (Wildman–Crippen MR) is 78.3 cm³/mol. The van der Waals surface area contributed by atoms with E-state index in [1.54, 1.807) is 4.68 Å². The smallest absolute Gasteiger partial charge is 0.181 e. The third kappa shape index (κ3) is 2.72. The van der Waals surface area contributed by atoms with Crippen molar-refractivity contribution in [1.82, 2.24) is 20.2 Å². The van der Waals surface area contributed by atoms with Gasteiger partial charge in [0.1, 0.15) is 0 Å². The number of hydrogen-bond acceptors (Lipinski definition) is 4. The summed E-state index contributed by atoms with van der Waals surface area (Å²) in [5.74, 6) is 0.666. The highest BCUT2D eigenvalue weighted by Gasteiger charge is 2.03. The van der Waals surface area contributed by atoms with Crippen molar-refractivity contribution < 1.29 is 0 Å². The first-order valence-electron chi connectivity index (χ1n) is 6.25. The minimum atomic E-state index is 0.666. The van der Waals surface area contributed by atoms with E-state index in [1.807, 2.05) is 72.9 Å². The second-order valence-electron chi connectivity index (χ2n) is 4.13. The van der Waals surface area contributed by atoms with Gasteiger partial charge in [-0.05, 0) is 34.7 Å². The molecule has 0 saturated carbocycles. The van der Waals surface area contributed by atoms with Gasteiger partial charge < -0.3 is 5.32 Å². The van der Waals surface area contributed by atoms with E-state index in [4.69, 9.17) is 0 Å². The van der Waals surface area contributed by atoms with Crippen molar-refractivity contribution in [2.24, 2.45) is 0 Å². The molecule has 1 aromatic heterocycles. The predicted octanol–water partition coefficient (Wildman–Crippen LogP) is 2.75. The molecule has 0 aliphatic carbocycles. The van der Waals surface area contributed by atoms with Crippen LogP contribution in [0.2, 0.25) is 0 Å². The Balaban J connectivity index is 1.77.